The second-order valence-electron chi connectivity index (χ2n) is 7.14. The van der Waals surface area contributed by atoms with E-state index in [4.69, 9.17) is 4.74 Å². The summed E-state index contributed by atoms with van der Waals surface area (Å²) in [6, 6.07) is 8.41. The maximum Gasteiger partial charge on any atom is 0.191 e. The van der Waals surface area contributed by atoms with Crippen molar-refractivity contribution in [1.82, 2.24) is 15.5 Å². The van der Waals surface area contributed by atoms with Gasteiger partial charge in [0.25, 0.3) is 0 Å². The van der Waals surface area contributed by atoms with Gasteiger partial charge in [0, 0.05) is 26.7 Å². The summed E-state index contributed by atoms with van der Waals surface area (Å²) in [4.78, 5) is 6.92. The highest BCUT2D eigenvalue weighted by molar-refractivity contribution is 14.0. The Balaban J connectivity index is 0.00000364. The normalized spacial score (nSPS) is 16.0. The van der Waals surface area contributed by atoms with Gasteiger partial charge in [-0.05, 0) is 62.9 Å². The molecule has 6 heteroatoms. The lowest BCUT2D eigenvalue weighted by Crippen LogP contribution is -2.39. The molecule has 1 aromatic rings. The summed E-state index contributed by atoms with van der Waals surface area (Å²) in [5, 5.41) is 6.85. The SMILES string of the molecule is CCOCc1ccccc1CNC(=NC)NCCCN1CCC(C)CC1.I. The molecule has 0 amide bonds. The predicted octanol–water partition coefficient (Wildman–Crippen LogP) is 3.63. The average Bonchev–Trinajstić information content (AvgIpc) is 2.68. The molecule has 0 bridgehead atoms. The van der Waals surface area contributed by atoms with Crippen LogP contribution in [0.25, 0.3) is 0 Å². The summed E-state index contributed by atoms with van der Waals surface area (Å²) in [5.41, 5.74) is 2.49. The molecular formula is C21H37IN4O. The highest BCUT2D eigenvalue weighted by Crippen LogP contribution is 2.15. The van der Waals surface area contributed by atoms with Crippen LogP contribution in [0.3, 0.4) is 0 Å². The zero-order valence-electron chi connectivity index (χ0n) is 17.2. The van der Waals surface area contributed by atoms with Crippen LogP contribution in [0.2, 0.25) is 0 Å². The maximum atomic E-state index is 5.56. The number of piperidine rings is 1. The van der Waals surface area contributed by atoms with Crippen molar-refractivity contribution in [2.45, 2.75) is 46.3 Å². The highest BCUT2D eigenvalue weighted by Gasteiger charge is 2.14. The zero-order chi connectivity index (χ0) is 18.6. The zero-order valence-corrected chi connectivity index (χ0v) is 19.5. The van der Waals surface area contributed by atoms with E-state index in [1.807, 2.05) is 14.0 Å². The average molecular weight is 488 g/mol. The van der Waals surface area contributed by atoms with Crippen molar-refractivity contribution >= 4 is 29.9 Å². The Bertz CT molecular complexity index is 545. The summed E-state index contributed by atoms with van der Waals surface area (Å²) in [6.45, 7) is 11.2. The second kappa shape index (κ2) is 14.2. The smallest absolute Gasteiger partial charge is 0.191 e. The van der Waals surface area contributed by atoms with Gasteiger partial charge in [0.1, 0.15) is 0 Å². The molecule has 0 aliphatic carbocycles. The number of hydrogen-bond acceptors (Lipinski definition) is 3. The van der Waals surface area contributed by atoms with Crippen molar-refractivity contribution in [2.75, 3.05) is 39.8 Å². The number of likely N-dealkylation sites (tertiary alicyclic amines) is 1. The molecule has 1 aromatic carbocycles. The molecule has 27 heavy (non-hydrogen) atoms. The van der Waals surface area contributed by atoms with E-state index in [0.717, 1.165) is 38.0 Å². The number of halogens is 1. The molecule has 5 nitrogen and oxygen atoms in total. The lowest BCUT2D eigenvalue weighted by Gasteiger charge is -2.30. The molecule has 0 spiro atoms. The van der Waals surface area contributed by atoms with Crippen LogP contribution in [0.15, 0.2) is 29.3 Å². The van der Waals surface area contributed by atoms with E-state index in [2.05, 4.69) is 51.7 Å². The van der Waals surface area contributed by atoms with Crippen LogP contribution in [-0.4, -0.2) is 50.7 Å². The van der Waals surface area contributed by atoms with E-state index >= 15 is 0 Å². The lowest BCUT2D eigenvalue weighted by atomic mass is 9.99. The first kappa shape index (κ1) is 24.2. The van der Waals surface area contributed by atoms with E-state index < -0.39 is 0 Å². The molecule has 1 heterocycles. The molecule has 1 aliphatic heterocycles. The summed E-state index contributed by atoms with van der Waals surface area (Å²) in [7, 11) is 1.83. The van der Waals surface area contributed by atoms with E-state index in [1.165, 1.54) is 43.6 Å². The quantitative estimate of drug-likeness (QED) is 0.241. The third-order valence-corrected chi connectivity index (χ3v) is 5.07. The van der Waals surface area contributed by atoms with Gasteiger partial charge in [-0.25, -0.2) is 0 Å². The van der Waals surface area contributed by atoms with Crippen molar-refractivity contribution in [3.8, 4) is 0 Å². The largest absolute Gasteiger partial charge is 0.377 e. The van der Waals surface area contributed by atoms with Crippen molar-refractivity contribution in [2.24, 2.45) is 10.9 Å². The van der Waals surface area contributed by atoms with Gasteiger partial charge in [0.15, 0.2) is 5.96 Å². The van der Waals surface area contributed by atoms with Gasteiger partial charge in [-0.1, -0.05) is 31.2 Å². The molecule has 1 aliphatic rings. The van der Waals surface area contributed by atoms with Crippen LogP contribution in [0, 0.1) is 5.92 Å². The predicted molar refractivity (Wildman–Crippen MR) is 125 cm³/mol. The Kier molecular flexibility index (Phi) is 12.7. The Morgan fingerprint density at radius 3 is 2.56 bits per heavy atom. The van der Waals surface area contributed by atoms with Crippen LogP contribution in [-0.2, 0) is 17.9 Å². The number of guanidine groups is 1. The molecule has 1 saturated heterocycles. The first-order valence-corrected chi connectivity index (χ1v) is 10.0. The van der Waals surface area contributed by atoms with Gasteiger partial charge in [0.05, 0.1) is 6.61 Å². The first-order chi connectivity index (χ1) is 12.7. The monoisotopic (exact) mass is 488 g/mol. The van der Waals surface area contributed by atoms with E-state index in [-0.39, 0.29) is 24.0 Å². The molecule has 2 N–H and O–H groups in total. The van der Waals surface area contributed by atoms with Crippen molar-refractivity contribution in [3.05, 3.63) is 35.4 Å². The summed E-state index contributed by atoms with van der Waals surface area (Å²) in [6.07, 6.45) is 3.84. The minimum Gasteiger partial charge on any atom is -0.377 e. The Morgan fingerprint density at radius 2 is 1.89 bits per heavy atom. The molecule has 1 fully saturated rings. The van der Waals surface area contributed by atoms with Gasteiger partial charge in [-0.2, -0.15) is 0 Å². The van der Waals surface area contributed by atoms with E-state index in [9.17, 15) is 0 Å². The lowest BCUT2D eigenvalue weighted by molar-refractivity contribution is 0.133. The first-order valence-electron chi connectivity index (χ1n) is 10.0. The molecule has 0 saturated carbocycles. The number of aliphatic imine (C=N–C) groups is 1. The minimum absolute atomic E-state index is 0. The van der Waals surface area contributed by atoms with Gasteiger partial charge in [-0.3, -0.25) is 4.99 Å². The third-order valence-electron chi connectivity index (χ3n) is 5.07. The van der Waals surface area contributed by atoms with Crippen LogP contribution in [0.1, 0.15) is 44.2 Å². The summed E-state index contributed by atoms with van der Waals surface area (Å²) >= 11 is 0. The topological polar surface area (TPSA) is 48.9 Å². The number of nitrogens with one attached hydrogen (secondary N) is 2. The molecule has 0 atom stereocenters. The van der Waals surface area contributed by atoms with Crippen LogP contribution >= 0.6 is 24.0 Å². The Hall–Kier alpha value is -0.860. The summed E-state index contributed by atoms with van der Waals surface area (Å²) in [5.74, 6) is 1.77. The van der Waals surface area contributed by atoms with Gasteiger partial charge in [-0.15, -0.1) is 24.0 Å². The van der Waals surface area contributed by atoms with Gasteiger partial charge < -0.3 is 20.3 Å². The van der Waals surface area contributed by atoms with Gasteiger partial charge in [0.2, 0.25) is 0 Å². The fraction of sp³-hybridized carbons (Fsp3) is 0.667. The molecule has 0 radical (unpaired) electrons. The number of benzene rings is 1. The fourth-order valence-corrected chi connectivity index (χ4v) is 3.28. The van der Waals surface area contributed by atoms with Crippen LogP contribution < -0.4 is 10.6 Å². The van der Waals surface area contributed by atoms with Gasteiger partial charge >= 0.3 is 0 Å². The molecule has 2 rings (SSSR count). The van der Waals surface area contributed by atoms with E-state index in [0.29, 0.717) is 6.61 Å². The standard InChI is InChI=1S/C21H36N4O.HI/c1-4-26-17-20-9-6-5-8-19(20)16-24-21(22-3)23-12-7-13-25-14-10-18(2)11-15-25;/h5-6,8-9,18H,4,7,10-17H2,1-3H3,(H2,22,23,24);1H. The molecule has 0 unspecified atom stereocenters. The number of hydrogen-bond donors (Lipinski definition) is 2. The van der Waals surface area contributed by atoms with E-state index in [1.54, 1.807) is 0 Å². The number of ether oxygens (including phenoxy) is 1. The third kappa shape index (κ3) is 9.25. The van der Waals surface area contributed by atoms with Crippen molar-refractivity contribution < 1.29 is 4.74 Å². The molecule has 154 valence electrons. The Labute approximate surface area is 182 Å². The highest BCUT2D eigenvalue weighted by atomic mass is 127. The summed E-state index contributed by atoms with van der Waals surface area (Å²) < 4.78 is 5.56. The Morgan fingerprint density at radius 1 is 1.19 bits per heavy atom. The second-order valence-corrected chi connectivity index (χ2v) is 7.14. The van der Waals surface area contributed by atoms with Crippen LogP contribution in [0.4, 0.5) is 0 Å². The molecule has 0 aromatic heterocycles. The van der Waals surface area contributed by atoms with Crippen molar-refractivity contribution in [3.63, 3.8) is 0 Å². The number of rotatable bonds is 9. The number of nitrogens with zero attached hydrogens (tertiary/aromatic N) is 2. The molecular weight excluding hydrogens is 451 g/mol. The maximum absolute atomic E-state index is 5.56. The fourth-order valence-electron chi connectivity index (χ4n) is 3.28. The van der Waals surface area contributed by atoms with Crippen molar-refractivity contribution in [1.29, 1.82) is 0 Å². The minimum atomic E-state index is 0. The van der Waals surface area contributed by atoms with Crippen LogP contribution in [0.5, 0.6) is 0 Å².